The second-order valence-electron chi connectivity index (χ2n) is 6.82. The van der Waals surface area contributed by atoms with E-state index in [2.05, 4.69) is 0 Å². The molecule has 152 valence electrons. The second kappa shape index (κ2) is 9.01. The molecular formula is C24H22ClN3O2. The lowest BCUT2D eigenvalue weighted by atomic mass is 10.2. The van der Waals surface area contributed by atoms with Crippen molar-refractivity contribution in [3.05, 3.63) is 89.7 Å². The van der Waals surface area contributed by atoms with Crippen molar-refractivity contribution in [1.29, 1.82) is 0 Å². The number of hydrogen-bond donors (Lipinski definition) is 0. The number of rotatable bonds is 7. The standard InChI is InChI=1S/C24H22ClN3O2/c1-2-27(19-8-4-3-5-9-19)24(29)16-28-22-11-7-6-10-21(22)26-23(28)17-30-20-14-12-18(25)13-15-20/h3-15H,2,16-17H2,1H3. The van der Waals surface area contributed by atoms with Crippen LogP contribution in [-0.4, -0.2) is 22.0 Å². The summed E-state index contributed by atoms with van der Waals surface area (Å²) in [6.07, 6.45) is 0. The Kier molecular flexibility index (Phi) is 6.00. The highest BCUT2D eigenvalue weighted by Crippen LogP contribution is 2.21. The van der Waals surface area contributed by atoms with E-state index in [0.717, 1.165) is 16.7 Å². The molecule has 0 bridgehead atoms. The molecule has 4 aromatic rings. The second-order valence-corrected chi connectivity index (χ2v) is 7.26. The number of amides is 1. The van der Waals surface area contributed by atoms with E-state index in [1.54, 1.807) is 17.0 Å². The van der Waals surface area contributed by atoms with Crippen LogP contribution in [0.3, 0.4) is 0 Å². The molecule has 0 saturated heterocycles. The van der Waals surface area contributed by atoms with Crippen molar-refractivity contribution in [2.75, 3.05) is 11.4 Å². The number of ether oxygens (including phenoxy) is 1. The lowest BCUT2D eigenvalue weighted by Crippen LogP contribution is -2.34. The fourth-order valence-corrected chi connectivity index (χ4v) is 3.55. The monoisotopic (exact) mass is 419 g/mol. The number of likely N-dealkylation sites (N-methyl/N-ethyl adjacent to an activating group) is 1. The highest BCUT2D eigenvalue weighted by Gasteiger charge is 2.19. The molecule has 0 N–H and O–H groups in total. The summed E-state index contributed by atoms with van der Waals surface area (Å²) >= 11 is 5.94. The minimum absolute atomic E-state index is 0.000374. The average molecular weight is 420 g/mol. The molecule has 4 rings (SSSR count). The van der Waals surface area contributed by atoms with Gasteiger partial charge in [0.2, 0.25) is 5.91 Å². The van der Waals surface area contributed by atoms with Crippen LogP contribution in [0.25, 0.3) is 11.0 Å². The van der Waals surface area contributed by atoms with Crippen LogP contribution in [0.5, 0.6) is 5.75 Å². The quantitative estimate of drug-likeness (QED) is 0.407. The van der Waals surface area contributed by atoms with Crippen LogP contribution in [0.15, 0.2) is 78.9 Å². The van der Waals surface area contributed by atoms with Crippen molar-refractivity contribution in [3.8, 4) is 5.75 Å². The number of nitrogens with zero attached hydrogens (tertiary/aromatic N) is 3. The Morgan fingerprint density at radius 2 is 1.70 bits per heavy atom. The lowest BCUT2D eigenvalue weighted by Gasteiger charge is -2.22. The molecule has 3 aromatic carbocycles. The molecule has 1 aromatic heterocycles. The van der Waals surface area contributed by atoms with Gasteiger partial charge in [-0.3, -0.25) is 4.79 Å². The van der Waals surface area contributed by atoms with E-state index in [9.17, 15) is 4.79 Å². The number of fused-ring (bicyclic) bond motifs is 1. The highest BCUT2D eigenvalue weighted by molar-refractivity contribution is 6.30. The minimum Gasteiger partial charge on any atom is -0.486 e. The number of para-hydroxylation sites is 3. The van der Waals surface area contributed by atoms with Gasteiger partial charge in [0.15, 0.2) is 0 Å². The summed E-state index contributed by atoms with van der Waals surface area (Å²) < 4.78 is 7.83. The maximum Gasteiger partial charge on any atom is 0.246 e. The molecule has 6 heteroatoms. The van der Waals surface area contributed by atoms with Gasteiger partial charge in [0, 0.05) is 17.3 Å². The van der Waals surface area contributed by atoms with Crippen molar-refractivity contribution >= 4 is 34.2 Å². The van der Waals surface area contributed by atoms with Crippen LogP contribution < -0.4 is 9.64 Å². The smallest absolute Gasteiger partial charge is 0.246 e. The highest BCUT2D eigenvalue weighted by atomic mass is 35.5. The zero-order valence-electron chi connectivity index (χ0n) is 16.7. The van der Waals surface area contributed by atoms with Gasteiger partial charge in [-0.1, -0.05) is 41.9 Å². The number of aromatic nitrogens is 2. The summed E-state index contributed by atoms with van der Waals surface area (Å²) in [4.78, 5) is 19.6. The van der Waals surface area contributed by atoms with E-state index in [1.165, 1.54) is 0 Å². The Morgan fingerprint density at radius 1 is 1.00 bits per heavy atom. The van der Waals surface area contributed by atoms with E-state index in [-0.39, 0.29) is 19.1 Å². The molecular weight excluding hydrogens is 398 g/mol. The van der Waals surface area contributed by atoms with Crippen molar-refractivity contribution in [2.45, 2.75) is 20.1 Å². The van der Waals surface area contributed by atoms with Gasteiger partial charge in [0.25, 0.3) is 0 Å². The first-order valence-corrected chi connectivity index (χ1v) is 10.2. The molecule has 0 aliphatic heterocycles. The van der Waals surface area contributed by atoms with Crippen molar-refractivity contribution in [1.82, 2.24) is 9.55 Å². The number of carbonyl (C=O) groups excluding carboxylic acids is 1. The third kappa shape index (κ3) is 4.31. The summed E-state index contributed by atoms with van der Waals surface area (Å²) in [7, 11) is 0. The van der Waals surface area contributed by atoms with Gasteiger partial charge in [-0.25, -0.2) is 4.98 Å². The molecule has 0 radical (unpaired) electrons. The van der Waals surface area contributed by atoms with E-state index in [4.69, 9.17) is 21.3 Å². The van der Waals surface area contributed by atoms with Crippen LogP contribution in [0.4, 0.5) is 5.69 Å². The summed E-state index contributed by atoms with van der Waals surface area (Å²) in [6.45, 7) is 3.00. The van der Waals surface area contributed by atoms with E-state index < -0.39 is 0 Å². The largest absolute Gasteiger partial charge is 0.486 e. The first-order chi connectivity index (χ1) is 14.7. The van der Waals surface area contributed by atoms with E-state index in [0.29, 0.717) is 23.1 Å². The predicted molar refractivity (Wildman–Crippen MR) is 120 cm³/mol. The number of hydrogen-bond acceptors (Lipinski definition) is 3. The summed E-state index contributed by atoms with van der Waals surface area (Å²) in [5, 5.41) is 0.653. The maximum atomic E-state index is 13.2. The average Bonchev–Trinajstić information content (AvgIpc) is 3.12. The van der Waals surface area contributed by atoms with Gasteiger partial charge in [0.05, 0.1) is 11.0 Å². The lowest BCUT2D eigenvalue weighted by molar-refractivity contribution is -0.119. The topological polar surface area (TPSA) is 47.4 Å². The van der Waals surface area contributed by atoms with Crippen molar-refractivity contribution in [3.63, 3.8) is 0 Å². The zero-order chi connectivity index (χ0) is 20.9. The maximum absolute atomic E-state index is 13.2. The number of carbonyl (C=O) groups is 1. The first-order valence-electron chi connectivity index (χ1n) is 9.83. The van der Waals surface area contributed by atoms with Gasteiger partial charge >= 0.3 is 0 Å². The molecule has 0 aliphatic rings. The third-order valence-electron chi connectivity index (χ3n) is 4.89. The summed E-state index contributed by atoms with van der Waals surface area (Å²) in [5.74, 6) is 1.40. The first kappa shape index (κ1) is 20.0. The van der Waals surface area contributed by atoms with Crippen LogP contribution >= 0.6 is 11.6 Å². The van der Waals surface area contributed by atoms with E-state index in [1.807, 2.05) is 78.2 Å². The normalized spacial score (nSPS) is 10.9. The predicted octanol–water partition coefficient (Wildman–Crippen LogP) is 5.32. The number of halogens is 1. The Morgan fingerprint density at radius 3 is 2.43 bits per heavy atom. The van der Waals surface area contributed by atoms with Crippen LogP contribution in [0.2, 0.25) is 5.02 Å². The molecule has 0 saturated carbocycles. The Balaban J connectivity index is 1.61. The molecule has 5 nitrogen and oxygen atoms in total. The van der Waals surface area contributed by atoms with Gasteiger partial charge in [-0.2, -0.15) is 0 Å². The number of benzene rings is 3. The Bertz CT molecular complexity index is 1140. The van der Waals surface area contributed by atoms with Crippen LogP contribution in [0, 0.1) is 0 Å². The molecule has 0 atom stereocenters. The molecule has 1 heterocycles. The SMILES string of the molecule is CCN(C(=O)Cn1c(COc2ccc(Cl)cc2)nc2ccccc21)c1ccccc1. The van der Waals surface area contributed by atoms with Crippen LogP contribution in [0.1, 0.15) is 12.7 Å². The Labute approximate surface area is 180 Å². The van der Waals surface area contributed by atoms with Crippen LogP contribution in [-0.2, 0) is 17.9 Å². The van der Waals surface area contributed by atoms with Crippen molar-refractivity contribution < 1.29 is 9.53 Å². The third-order valence-corrected chi connectivity index (χ3v) is 5.15. The molecule has 30 heavy (non-hydrogen) atoms. The molecule has 0 spiro atoms. The van der Waals surface area contributed by atoms with Crippen molar-refractivity contribution in [2.24, 2.45) is 0 Å². The van der Waals surface area contributed by atoms with E-state index >= 15 is 0 Å². The van der Waals surface area contributed by atoms with Gasteiger partial charge in [-0.15, -0.1) is 0 Å². The van der Waals surface area contributed by atoms with Gasteiger partial charge in [-0.05, 0) is 55.5 Å². The van der Waals surface area contributed by atoms with Gasteiger partial charge in [0.1, 0.15) is 24.7 Å². The molecule has 1 amide bonds. The fourth-order valence-electron chi connectivity index (χ4n) is 3.42. The summed E-state index contributed by atoms with van der Waals surface area (Å²) in [5.41, 5.74) is 2.63. The molecule has 0 fully saturated rings. The molecule has 0 aliphatic carbocycles. The molecule has 0 unspecified atom stereocenters. The minimum atomic E-state index is -0.000374. The Hall–Kier alpha value is -3.31. The summed E-state index contributed by atoms with van der Waals surface area (Å²) in [6, 6.07) is 24.7. The number of imidazole rings is 1. The number of anilines is 1. The fraction of sp³-hybridized carbons (Fsp3) is 0.167. The zero-order valence-corrected chi connectivity index (χ0v) is 17.4. The van der Waals surface area contributed by atoms with Gasteiger partial charge < -0.3 is 14.2 Å².